The molecule has 0 spiro atoms. The Bertz CT molecular complexity index is 2870. The van der Waals surface area contributed by atoms with Gasteiger partial charge in [0.2, 0.25) is 0 Å². The van der Waals surface area contributed by atoms with Crippen LogP contribution in [0.4, 0.5) is 0 Å². The summed E-state index contributed by atoms with van der Waals surface area (Å²) in [5.74, 6) is 0.716. The maximum Gasteiger partial charge on any atom is 0.160 e. The summed E-state index contributed by atoms with van der Waals surface area (Å²) in [6.45, 7) is 0. The molecule has 0 bridgehead atoms. The fourth-order valence-electron chi connectivity index (χ4n) is 7.37. The Kier molecular flexibility index (Phi) is 6.39. The van der Waals surface area contributed by atoms with E-state index in [1.54, 1.807) is 0 Å². The zero-order chi connectivity index (χ0) is 32.3. The Balaban J connectivity index is 1.23. The third-order valence-corrected chi connectivity index (χ3v) is 10.8. The van der Waals surface area contributed by atoms with Crippen LogP contribution >= 0.6 is 11.3 Å². The zero-order valence-corrected chi connectivity index (χ0v) is 27.3. The maximum atomic E-state index is 5.20. The van der Waals surface area contributed by atoms with Crippen LogP contribution in [0.1, 0.15) is 0 Å². The average molecular weight is 641 g/mol. The summed E-state index contributed by atoms with van der Waals surface area (Å²) in [6, 6.07) is 60.7. The van der Waals surface area contributed by atoms with Crippen molar-refractivity contribution in [3.8, 4) is 45.0 Å². The molecule has 0 radical (unpaired) electrons. The van der Waals surface area contributed by atoms with Gasteiger partial charge in [0, 0.05) is 36.9 Å². The minimum atomic E-state index is 0.716. The molecule has 0 saturated carbocycles. The highest BCUT2D eigenvalue weighted by Crippen LogP contribution is 2.45. The van der Waals surface area contributed by atoms with Crippen LogP contribution in [0.15, 0.2) is 170 Å². The summed E-state index contributed by atoms with van der Waals surface area (Å²) >= 11 is 1.87. The van der Waals surface area contributed by atoms with Crippen LogP contribution in [-0.4, -0.2) is 9.97 Å². The van der Waals surface area contributed by atoms with Crippen LogP contribution in [0.2, 0.25) is 0 Å². The van der Waals surface area contributed by atoms with Crippen LogP contribution in [0, 0.1) is 0 Å². The van der Waals surface area contributed by atoms with E-state index >= 15 is 0 Å². The second-order valence-corrected chi connectivity index (χ2v) is 13.6. The van der Waals surface area contributed by atoms with Crippen LogP contribution in [0.3, 0.4) is 0 Å². The molecule has 10 aromatic rings. The third-order valence-electron chi connectivity index (χ3n) is 9.66. The molecule has 10 rings (SSSR count). The van der Waals surface area contributed by atoms with Gasteiger partial charge in [0.15, 0.2) is 5.82 Å². The molecule has 49 heavy (non-hydrogen) atoms. The second-order valence-electron chi connectivity index (χ2n) is 12.5. The molecule has 0 aliphatic carbocycles. The molecule has 0 aliphatic heterocycles. The van der Waals surface area contributed by atoms with E-state index in [9.17, 15) is 0 Å². The molecule has 0 aliphatic rings. The van der Waals surface area contributed by atoms with Gasteiger partial charge in [-0.25, -0.2) is 9.97 Å². The van der Waals surface area contributed by atoms with Crippen molar-refractivity contribution in [1.29, 1.82) is 0 Å². The third kappa shape index (κ3) is 4.62. The maximum absolute atomic E-state index is 5.20. The van der Waals surface area contributed by atoms with Gasteiger partial charge in [-0.3, -0.25) is 0 Å². The lowest BCUT2D eigenvalue weighted by Gasteiger charge is -2.14. The van der Waals surface area contributed by atoms with E-state index in [-0.39, 0.29) is 0 Å². The summed E-state index contributed by atoms with van der Waals surface area (Å²) < 4.78 is 2.64. The predicted octanol–water partition coefficient (Wildman–Crippen LogP) is 13.0. The summed E-state index contributed by atoms with van der Waals surface area (Å²) in [7, 11) is 0. The quantitative estimate of drug-likeness (QED) is 0.179. The lowest BCUT2D eigenvalue weighted by atomic mass is 9.90. The Hall–Kier alpha value is -6.16. The summed E-state index contributed by atoms with van der Waals surface area (Å²) in [4.78, 5) is 10.3. The van der Waals surface area contributed by atoms with E-state index in [0.717, 1.165) is 33.6 Å². The highest BCUT2D eigenvalue weighted by atomic mass is 32.1. The summed E-state index contributed by atoms with van der Waals surface area (Å²) in [5.41, 5.74) is 7.27. The van der Waals surface area contributed by atoms with Crippen molar-refractivity contribution in [3.05, 3.63) is 170 Å². The molecule has 0 N–H and O–H groups in total. The van der Waals surface area contributed by atoms with Crippen LogP contribution in [0.25, 0.3) is 97.5 Å². The van der Waals surface area contributed by atoms with Crippen molar-refractivity contribution in [2.75, 3.05) is 0 Å². The zero-order valence-electron chi connectivity index (χ0n) is 26.5. The van der Waals surface area contributed by atoms with Crippen molar-refractivity contribution >= 4 is 63.8 Å². The molecule has 0 atom stereocenters. The van der Waals surface area contributed by atoms with Crippen LogP contribution in [-0.2, 0) is 0 Å². The molecular weight excluding hydrogens is 613 g/mol. The fraction of sp³-hybridized carbons (Fsp3) is 0. The first-order valence-corrected chi connectivity index (χ1v) is 17.4. The van der Waals surface area contributed by atoms with Gasteiger partial charge in [0.1, 0.15) is 0 Å². The number of thiophene rings is 1. The van der Waals surface area contributed by atoms with E-state index in [0.29, 0.717) is 5.82 Å². The van der Waals surface area contributed by atoms with E-state index in [4.69, 9.17) is 9.97 Å². The van der Waals surface area contributed by atoms with Gasteiger partial charge >= 0.3 is 0 Å². The minimum Gasteiger partial charge on any atom is -0.228 e. The normalized spacial score (nSPS) is 11.7. The van der Waals surface area contributed by atoms with E-state index in [1.165, 1.54) is 58.1 Å². The first kappa shape index (κ1) is 27.9. The number of fused-ring (bicyclic) bond motifs is 10. The lowest BCUT2D eigenvalue weighted by molar-refractivity contribution is 1.18. The fourth-order valence-corrected chi connectivity index (χ4v) is 8.48. The van der Waals surface area contributed by atoms with Crippen molar-refractivity contribution < 1.29 is 0 Å². The first-order valence-electron chi connectivity index (χ1n) is 16.6. The van der Waals surface area contributed by atoms with E-state index in [2.05, 4.69) is 152 Å². The largest absolute Gasteiger partial charge is 0.228 e. The number of hydrogen-bond donors (Lipinski definition) is 0. The van der Waals surface area contributed by atoms with Crippen molar-refractivity contribution in [3.63, 3.8) is 0 Å². The number of nitrogens with zero attached hydrogens (tertiary/aromatic N) is 2. The average Bonchev–Trinajstić information content (AvgIpc) is 3.57. The molecule has 0 saturated heterocycles. The second kappa shape index (κ2) is 11.2. The van der Waals surface area contributed by atoms with Crippen molar-refractivity contribution in [1.82, 2.24) is 9.97 Å². The predicted molar refractivity (Wildman–Crippen MR) is 209 cm³/mol. The minimum absolute atomic E-state index is 0.716. The van der Waals surface area contributed by atoms with Crippen molar-refractivity contribution in [2.45, 2.75) is 0 Å². The topological polar surface area (TPSA) is 25.8 Å². The molecular formula is C46H28N2S. The van der Waals surface area contributed by atoms with Gasteiger partial charge in [0.25, 0.3) is 0 Å². The Morgan fingerprint density at radius 1 is 0.306 bits per heavy atom. The number of hydrogen-bond acceptors (Lipinski definition) is 3. The molecule has 3 heteroatoms. The highest BCUT2D eigenvalue weighted by molar-refractivity contribution is 7.26. The van der Waals surface area contributed by atoms with Gasteiger partial charge in [-0.05, 0) is 73.8 Å². The number of benzene rings is 8. The monoisotopic (exact) mass is 640 g/mol. The summed E-state index contributed by atoms with van der Waals surface area (Å²) in [6.07, 6.45) is 0. The highest BCUT2D eigenvalue weighted by Gasteiger charge is 2.17. The van der Waals surface area contributed by atoms with Crippen molar-refractivity contribution in [2.24, 2.45) is 0 Å². The SMILES string of the molecule is c1ccc(-c2cccc(-c3cc(-c4ccc5c(c4)c4ccccc4c4ccc6sc7ccccc7c6c45)nc(-c4ccccc4)n3)c2)cc1. The van der Waals surface area contributed by atoms with Gasteiger partial charge in [-0.1, -0.05) is 140 Å². The van der Waals surface area contributed by atoms with Gasteiger partial charge in [-0.2, -0.15) is 0 Å². The Morgan fingerprint density at radius 3 is 1.65 bits per heavy atom. The Morgan fingerprint density at radius 2 is 0.878 bits per heavy atom. The van der Waals surface area contributed by atoms with Crippen LogP contribution < -0.4 is 0 Å². The van der Waals surface area contributed by atoms with Gasteiger partial charge in [0.05, 0.1) is 11.4 Å². The Labute approximate surface area is 287 Å². The molecule has 0 unspecified atom stereocenters. The molecule has 228 valence electrons. The molecule has 2 nitrogen and oxygen atoms in total. The molecule has 8 aromatic carbocycles. The lowest BCUT2D eigenvalue weighted by Crippen LogP contribution is -1.96. The van der Waals surface area contributed by atoms with E-state index in [1.807, 2.05) is 29.5 Å². The molecule has 2 heterocycles. The molecule has 0 fully saturated rings. The first-order chi connectivity index (χ1) is 24.3. The van der Waals surface area contributed by atoms with Gasteiger partial charge < -0.3 is 0 Å². The number of rotatable bonds is 4. The summed E-state index contributed by atoms with van der Waals surface area (Å²) in [5, 5.41) is 10.3. The van der Waals surface area contributed by atoms with E-state index < -0.39 is 0 Å². The smallest absolute Gasteiger partial charge is 0.160 e. The molecule has 2 aromatic heterocycles. The van der Waals surface area contributed by atoms with Gasteiger partial charge in [-0.15, -0.1) is 11.3 Å². The number of aromatic nitrogens is 2. The standard InChI is InChI=1S/C46H28N2S/c1-3-12-29(13-4-1)31-16-11-17-32(26-31)40-28-41(48-46(47-40)30-14-5-2-6-15-30)33-22-23-37-39(27-33)35-19-8-7-18-34(35)36-24-25-43-45(44(36)37)38-20-9-10-21-42(38)49-43/h1-28H. The molecule has 0 amide bonds. The van der Waals surface area contributed by atoms with Crippen LogP contribution in [0.5, 0.6) is 0 Å².